The van der Waals surface area contributed by atoms with Crippen LogP contribution in [0, 0.1) is 0 Å². The largest absolute Gasteiger partial charge is 0.396 e. The molecule has 2 N–H and O–H groups in total. The lowest BCUT2D eigenvalue weighted by Gasteiger charge is -2.32. The summed E-state index contributed by atoms with van der Waals surface area (Å²) in [6, 6.07) is 23.5. The van der Waals surface area contributed by atoms with E-state index in [1.807, 2.05) is 36.4 Å². The molecular formula is C23H24ClN3O2. The lowest BCUT2D eigenvalue weighted by Crippen LogP contribution is -2.38. The fourth-order valence-electron chi connectivity index (χ4n) is 3.31. The first kappa shape index (κ1) is 21.0. The quantitative estimate of drug-likeness (QED) is 0.521. The third kappa shape index (κ3) is 5.87. The van der Waals surface area contributed by atoms with Gasteiger partial charge in [-0.05, 0) is 29.7 Å². The zero-order chi connectivity index (χ0) is 20.5. The molecule has 1 aromatic heterocycles. The Kier molecular flexibility index (Phi) is 7.76. The second kappa shape index (κ2) is 10.7. The standard InChI is InChI=1S/C23H24ClN3O2/c24-23-20(13-7-14-25-23)26-21(29)17-27(15-8-16-28)22(18-9-3-1-4-10-18)19-11-5-2-6-12-19/h1-7,9-14,22,28H,8,15-17H2,(H,26,29). The van der Waals surface area contributed by atoms with Gasteiger partial charge in [-0.3, -0.25) is 9.69 Å². The first-order valence-corrected chi connectivity index (χ1v) is 9.92. The monoisotopic (exact) mass is 409 g/mol. The van der Waals surface area contributed by atoms with Crippen LogP contribution in [0.2, 0.25) is 5.15 Å². The van der Waals surface area contributed by atoms with E-state index >= 15 is 0 Å². The summed E-state index contributed by atoms with van der Waals surface area (Å²) in [6.07, 6.45) is 2.14. The Morgan fingerprint density at radius 3 is 2.17 bits per heavy atom. The van der Waals surface area contributed by atoms with Crippen LogP contribution in [-0.4, -0.2) is 40.6 Å². The topological polar surface area (TPSA) is 65.5 Å². The molecule has 0 unspecified atom stereocenters. The fourth-order valence-corrected chi connectivity index (χ4v) is 3.48. The van der Waals surface area contributed by atoms with Crippen LogP contribution in [0.15, 0.2) is 79.0 Å². The molecule has 3 rings (SSSR count). The molecular weight excluding hydrogens is 386 g/mol. The van der Waals surface area contributed by atoms with E-state index in [0.29, 0.717) is 18.7 Å². The van der Waals surface area contributed by atoms with Crippen LogP contribution in [0.25, 0.3) is 0 Å². The molecule has 150 valence electrons. The van der Waals surface area contributed by atoms with Gasteiger partial charge in [0.1, 0.15) is 0 Å². The van der Waals surface area contributed by atoms with Crippen molar-refractivity contribution in [3.8, 4) is 0 Å². The zero-order valence-electron chi connectivity index (χ0n) is 16.0. The summed E-state index contributed by atoms with van der Waals surface area (Å²) in [5.41, 5.74) is 2.66. The lowest BCUT2D eigenvalue weighted by atomic mass is 9.96. The van der Waals surface area contributed by atoms with E-state index < -0.39 is 0 Å². The van der Waals surface area contributed by atoms with E-state index in [1.54, 1.807) is 18.3 Å². The number of pyridine rings is 1. The van der Waals surface area contributed by atoms with Crippen molar-refractivity contribution < 1.29 is 9.90 Å². The highest BCUT2D eigenvalue weighted by molar-refractivity contribution is 6.32. The third-order valence-corrected chi connectivity index (χ3v) is 4.88. The fraction of sp³-hybridized carbons (Fsp3) is 0.217. The maximum atomic E-state index is 12.8. The number of benzene rings is 2. The molecule has 0 fully saturated rings. The van der Waals surface area contributed by atoms with Gasteiger partial charge < -0.3 is 10.4 Å². The van der Waals surface area contributed by atoms with Crippen molar-refractivity contribution in [1.82, 2.24) is 9.88 Å². The number of nitrogens with one attached hydrogen (secondary N) is 1. The van der Waals surface area contributed by atoms with Gasteiger partial charge in [-0.15, -0.1) is 0 Å². The molecule has 0 atom stereocenters. The van der Waals surface area contributed by atoms with Crippen molar-refractivity contribution >= 4 is 23.2 Å². The van der Waals surface area contributed by atoms with E-state index in [2.05, 4.69) is 39.5 Å². The molecule has 0 radical (unpaired) electrons. The molecule has 0 aliphatic carbocycles. The summed E-state index contributed by atoms with van der Waals surface area (Å²) >= 11 is 6.07. The first-order chi connectivity index (χ1) is 14.2. The van der Waals surface area contributed by atoms with E-state index in [4.69, 9.17) is 11.6 Å². The molecule has 0 aliphatic heterocycles. The summed E-state index contributed by atoms with van der Waals surface area (Å²) in [6.45, 7) is 0.779. The van der Waals surface area contributed by atoms with Gasteiger partial charge in [0.2, 0.25) is 5.91 Å². The number of hydrogen-bond acceptors (Lipinski definition) is 4. The van der Waals surface area contributed by atoms with Crippen LogP contribution in [-0.2, 0) is 4.79 Å². The summed E-state index contributed by atoms with van der Waals surface area (Å²) in [5.74, 6) is -0.185. The number of aromatic nitrogens is 1. The van der Waals surface area contributed by atoms with Crippen LogP contribution in [0.5, 0.6) is 0 Å². The van der Waals surface area contributed by atoms with Crippen LogP contribution < -0.4 is 5.32 Å². The Balaban J connectivity index is 1.87. The number of halogens is 1. The average molecular weight is 410 g/mol. The Morgan fingerprint density at radius 2 is 1.62 bits per heavy atom. The zero-order valence-corrected chi connectivity index (χ0v) is 16.8. The Morgan fingerprint density at radius 1 is 1.00 bits per heavy atom. The maximum absolute atomic E-state index is 12.8. The summed E-state index contributed by atoms with van der Waals surface area (Å²) in [7, 11) is 0. The van der Waals surface area contributed by atoms with Crippen molar-refractivity contribution in [3.05, 3.63) is 95.3 Å². The van der Waals surface area contributed by atoms with E-state index in [9.17, 15) is 9.90 Å². The number of aliphatic hydroxyl groups is 1. The van der Waals surface area contributed by atoms with Gasteiger partial charge in [-0.1, -0.05) is 72.3 Å². The number of rotatable bonds is 9. The van der Waals surface area contributed by atoms with Gasteiger partial charge in [0.05, 0.1) is 18.3 Å². The molecule has 0 saturated carbocycles. The molecule has 1 heterocycles. The van der Waals surface area contributed by atoms with Crippen LogP contribution in [0.4, 0.5) is 5.69 Å². The molecule has 6 heteroatoms. The Labute approximate surface area is 176 Å². The minimum atomic E-state index is -0.185. The highest BCUT2D eigenvalue weighted by atomic mass is 35.5. The molecule has 29 heavy (non-hydrogen) atoms. The van der Waals surface area contributed by atoms with E-state index in [0.717, 1.165) is 11.1 Å². The lowest BCUT2D eigenvalue weighted by molar-refractivity contribution is -0.117. The molecule has 2 aromatic carbocycles. The van der Waals surface area contributed by atoms with Crippen LogP contribution >= 0.6 is 11.6 Å². The van der Waals surface area contributed by atoms with Gasteiger partial charge in [0.25, 0.3) is 0 Å². The number of hydrogen-bond donors (Lipinski definition) is 2. The van der Waals surface area contributed by atoms with Gasteiger partial charge >= 0.3 is 0 Å². The number of carbonyl (C=O) groups excluding carboxylic acids is 1. The normalized spacial score (nSPS) is 11.0. The van der Waals surface area contributed by atoms with Crippen LogP contribution in [0.1, 0.15) is 23.6 Å². The third-order valence-electron chi connectivity index (χ3n) is 4.58. The number of carbonyl (C=O) groups is 1. The number of amides is 1. The predicted molar refractivity (Wildman–Crippen MR) is 116 cm³/mol. The summed E-state index contributed by atoms with van der Waals surface area (Å²) in [5, 5.41) is 12.5. The van der Waals surface area contributed by atoms with E-state index in [1.165, 1.54) is 0 Å². The SMILES string of the molecule is O=C(CN(CCCO)C(c1ccccc1)c1ccccc1)Nc1cccnc1Cl. The average Bonchev–Trinajstić information content (AvgIpc) is 2.75. The van der Waals surface area contributed by atoms with Crippen molar-refractivity contribution in [1.29, 1.82) is 0 Å². The number of aliphatic hydroxyl groups excluding tert-OH is 1. The number of anilines is 1. The van der Waals surface area contributed by atoms with Crippen molar-refractivity contribution in [2.75, 3.05) is 25.0 Å². The second-order valence-corrected chi connectivity index (χ2v) is 7.02. The van der Waals surface area contributed by atoms with Gasteiger partial charge in [0.15, 0.2) is 5.15 Å². The van der Waals surface area contributed by atoms with Crippen molar-refractivity contribution in [2.24, 2.45) is 0 Å². The minimum absolute atomic E-state index is 0.0584. The highest BCUT2D eigenvalue weighted by Crippen LogP contribution is 2.29. The first-order valence-electron chi connectivity index (χ1n) is 9.54. The van der Waals surface area contributed by atoms with E-state index in [-0.39, 0.29) is 30.3 Å². The molecule has 5 nitrogen and oxygen atoms in total. The van der Waals surface area contributed by atoms with Gasteiger partial charge in [-0.25, -0.2) is 4.98 Å². The molecule has 3 aromatic rings. The van der Waals surface area contributed by atoms with Crippen molar-refractivity contribution in [2.45, 2.75) is 12.5 Å². The molecule has 0 bridgehead atoms. The molecule has 0 saturated heterocycles. The summed E-state index contributed by atoms with van der Waals surface area (Å²) in [4.78, 5) is 18.9. The molecule has 0 aliphatic rings. The van der Waals surface area contributed by atoms with Gasteiger partial charge in [-0.2, -0.15) is 0 Å². The second-order valence-electron chi connectivity index (χ2n) is 6.66. The van der Waals surface area contributed by atoms with Crippen molar-refractivity contribution in [3.63, 3.8) is 0 Å². The summed E-state index contributed by atoms with van der Waals surface area (Å²) < 4.78 is 0. The number of nitrogens with zero attached hydrogens (tertiary/aromatic N) is 2. The maximum Gasteiger partial charge on any atom is 0.238 e. The highest BCUT2D eigenvalue weighted by Gasteiger charge is 2.24. The minimum Gasteiger partial charge on any atom is -0.396 e. The van der Waals surface area contributed by atoms with Gasteiger partial charge in [0, 0.05) is 19.3 Å². The smallest absolute Gasteiger partial charge is 0.238 e. The predicted octanol–water partition coefficient (Wildman–Crippen LogP) is 4.15. The Bertz CT molecular complexity index is 867. The molecule has 0 spiro atoms. The Hall–Kier alpha value is -2.73. The molecule has 1 amide bonds. The van der Waals surface area contributed by atoms with Crippen LogP contribution in [0.3, 0.4) is 0 Å².